The Kier molecular flexibility index (Phi) is 10.1. The Hall–Kier alpha value is -3.82. The van der Waals surface area contributed by atoms with E-state index in [9.17, 15) is 14.7 Å². The average Bonchev–Trinajstić information content (AvgIpc) is 3.22. The third kappa shape index (κ3) is 6.92. The molecule has 0 spiro atoms. The standard InChI is InChI=1S/C32H40N2O7/c1-6-16-40-26-11-8-23(20-27(26)38-5)29-28(30(35)24-9-10-25(22(4)19-24)41-21(2)3)31(36)32(37)34(29)13-7-12-33-14-17-39-18-15-33/h6,8-11,19-21,29,35H,1,7,12-18H2,2-5H3. The molecule has 0 radical (unpaired) electrons. The number of rotatable bonds is 12. The quantitative estimate of drug-likeness (QED) is 0.174. The number of aliphatic hydroxyl groups excluding tert-OH is 1. The van der Waals surface area contributed by atoms with Crippen LogP contribution in [-0.2, 0) is 14.3 Å². The first-order valence-corrected chi connectivity index (χ1v) is 14.0. The molecule has 2 fully saturated rings. The maximum atomic E-state index is 13.5. The Balaban J connectivity index is 1.73. The van der Waals surface area contributed by atoms with Crippen LogP contribution < -0.4 is 14.2 Å². The Morgan fingerprint density at radius 3 is 2.49 bits per heavy atom. The molecular formula is C32H40N2O7. The van der Waals surface area contributed by atoms with Crippen LogP contribution in [0.2, 0.25) is 0 Å². The third-order valence-electron chi connectivity index (χ3n) is 7.19. The van der Waals surface area contributed by atoms with E-state index in [1.807, 2.05) is 20.8 Å². The van der Waals surface area contributed by atoms with Crippen molar-refractivity contribution in [1.29, 1.82) is 0 Å². The molecule has 2 saturated heterocycles. The summed E-state index contributed by atoms with van der Waals surface area (Å²) >= 11 is 0. The number of methoxy groups -OCH3 is 1. The number of Topliss-reactive ketones (excluding diaryl/α,β-unsaturated/α-hetero) is 1. The highest BCUT2D eigenvalue weighted by Gasteiger charge is 2.46. The summed E-state index contributed by atoms with van der Waals surface area (Å²) in [6.07, 6.45) is 2.29. The maximum Gasteiger partial charge on any atom is 0.295 e. The minimum atomic E-state index is -0.797. The van der Waals surface area contributed by atoms with E-state index in [-0.39, 0.29) is 17.4 Å². The number of hydrogen-bond donors (Lipinski definition) is 1. The molecule has 4 rings (SSSR count). The first-order chi connectivity index (χ1) is 19.7. The lowest BCUT2D eigenvalue weighted by molar-refractivity contribution is -0.140. The summed E-state index contributed by atoms with van der Waals surface area (Å²) in [7, 11) is 1.53. The number of morpholine rings is 1. The van der Waals surface area contributed by atoms with Gasteiger partial charge in [-0.25, -0.2) is 0 Å². The molecule has 0 aromatic heterocycles. The lowest BCUT2D eigenvalue weighted by Gasteiger charge is -2.29. The molecule has 2 aliphatic heterocycles. The fraction of sp³-hybridized carbons (Fsp3) is 0.438. The molecule has 9 nitrogen and oxygen atoms in total. The molecule has 2 aromatic rings. The number of aliphatic hydroxyl groups is 1. The van der Waals surface area contributed by atoms with Crippen molar-refractivity contribution >= 4 is 17.4 Å². The van der Waals surface area contributed by atoms with Gasteiger partial charge < -0.3 is 29.0 Å². The molecule has 0 bridgehead atoms. The SMILES string of the molecule is C=CCOc1ccc(C2C(=C(O)c3ccc(OC(C)C)c(C)c3)C(=O)C(=O)N2CCCN2CCOCC2)cc1OC. The van der Waals surface area contributed by atoms with Crippen molar-refractivity contribution in [2.75, 3.05) is 53.1 Å². The van der Waals surface area contributed by atoms with Gasteiger partial charge in [-0.05, 0) is 68.7 Å². The molecule has 0 aliphatic carbocycles. The fourth-order valence-corrected chi connectivity index (χ4v) is 5.21. The Morgan fingerprint density at radius 1 is 1.10 bits per heavy atom. The number of ketones is 1. The van der Waals surface area contributed by atoms with Crippen LogP contribution in [0.4, 0.5) is 0 Å². The normalized spacial score (nSPS) is 19.0. The van der Waals surface area contributed by atoms with Gasteiger partial charge in [-0.3, -0.25) is 14.5 Å². The largest absolute Gasteiger partial charge is 0.507 e. The monoisotopic (exact) mass is 564 g/mol. The predicted molar refractivity (Wildman–Crippen MR) is 157 cm³/mol. The van der Waals surface area contributed by atoms with Gasteiger partial charge in [-0.15, -0.1) is 0 Å². The molecule has 0 saturated carbocycles. The molecule has 2 heterocycles. The summed E-state index contributed by atoms with van der Waals surface area (Å²) in [5, 5.41) is 11.5. The number of ether oxygens (including phenoxy) is 4. The van der Waals surface area contributed by atoms with Gasteiger partial charge in [0, 0.05) is 31.7 Å². The highest BCUT2D eigenvalue weighted by Crippen LogP contribution is 2.42. The van der Waals surface area contributed by atoms with Crippen LogP contribution >= 0.6 is 0 Å². The molecule has 41 heavy (non-hydrogen) atoms. The molecule has 1 N–H and O–H groups in total. The molecule has 1 atom stereocenters. The van der Waals surface area contributed by atoms with Crippen LogP contribution in [-0.4, -0.2) is 85.8 Å². The Morgan fingerprint density at radius 2 is 1.83 bits per heavy atom. The molecule has 2 aromatic carbocycles. The molecule has 1 unspecified atom stereocenters. The van der Waals surface area contributed by atoms with Gasteiger partial charge in [0.1, 0.15) is 18.1 Å². The lowest BCUT2D eigenvalue weighted by Crippen LogP contribution is -2.39. The summed E-state index contributed by atoms with van der Waals surface area (Å²) in [5.41, 5.74) is 1.92. The van der Waals surface area contributed by atoms with Gasteiger partial charge in [0.15, 0.2) is 11.5 Å². The van der Waals surface area contributed by atoms with Crippen molar-refractivity contribution in [1.82, 2.24) is 9.80 Å². The maximum absolute atomic E-state index is 13.5. The highest BCUT2D eigenvalue weighted by molar-refractivity contribution is 6.46. The number of carbonyl (C=O) groups is 2. The van der Waals surface area contributed by atoms with E-state index < -0.39 is 17.7 Å². The smallest absolute Gasteiger partial charge is 0.295 e. The van der Waals surface area contributed by atoms with Gasteiger partial charge in [0.25, 0.3) is 11.7 Å². The second kappa shape index (κ2) is 13.7. The van der Waals surface area contributed by atoms with E-state index in [0.29, 0.717) is 61.2 Å². The van der Waals surface area contributed by atoms with Gasteiger partial charge in [-0.1, -0.05) is 18.7 Å². The van der Waals surface area contributed by atoms with Crippen molar-refractivity contribution < 1.29 is 33.6 Å². The van der Waals surface area contributed by atoms with Crippen LogP contribution in [0.3, 0.4) is 0 Å². The van der Waals surface area contributed by atoms with Crippen molar-refractivity contribution in [3.8, 4) is 17.2 Å². The number of amides is 1. The van der Waals surface area contributed by atoms with E-state index in [1.165, 1.54) is 7.11 Å². The fourth-order valence-electron chi connectivity index (χ4n) is 5.21. The molecule has 9 heteroatoms. The minimum absolute atomic E-state index is 0.00987. The summed E-state index contributed by atoms with van der Waals surface area (Å²) in [6, 6.07) is 9.74. The molecule has 2 aliphatic rings. The van der Waals surface area contributed by atoms with Gasteiger partial charge in [-0.2, -0.15) is 0 Å². The van der Waals surface area contributed by atoms with Crippen molar-refractivity contribution in [2.45, 2.75) is 39.3 Å². The highest BCUT2D eigenvalue weighted by atomic mass is 16.5. The van der Waals surface area contributed by atoms with E-state index in [2.05, 4.69) is 11.5 Å². The molecule has 1 amide bonds. The zero-order chi connectivity index (χ0) is 29.5. The topological polar surface area (TPSA) is 97.8 Å². The van der Waals surface area contributed by atoms with Crippen molar-refractivity contribution in [2.24, 2.45) is 0 Å². The van der Waals surface area contributed by atoms with Crippen molar-refractivity contribution in [3.05, 3.63) is 71.3 Å². The number of hydrogen-bond acceptors (Lipinski definition) is 8. The zero-order valence-electron chi connectivity index (χ0n) is 24.4. The summed E-state index contributed by atoms with van der Waals surface area (Å²) in [4.78, 5) is 30.8. The van der Waals surface area contributed by atoms with Crippen LogP contribution in [0.25, 0.3) is 5.76 Å². The van der Waals surface area contributed by atoms with E-state index in [0.717, 1.165) is 25.2 Å². The molecule has 220 valence electrons. The minimum Gasteiger partial charge on any atom is -0.507 e. The summed E-state index contributed by atoms with van der Waals surface area (Å²) in [6.45, 7) is 13.9. The summed E-state index contributed by atoms with van der Waals surface area (Å²) in [5.74, 6) is 0.0720. The number of likely N-dealkylation sites (tertiary alicyclic amines) is 1. The number of carbonyl (C=O) groups excluding carboxylic acids is 2. The predicted octanol–water partition coefficient (Wildman–Crippen LogP) is 4.50. The second-order valence-electron chi connectivity index (χ2n) is 10.5. The van der Waals surface area contributed by atoms with Crippen LogP contribution in [0.15, 0.2) is 54.6 Å². The van der Waals surface area contributed by atoms with Crippen LogP contribution in [0.1, 0.15) is 43.0 Å². The van der Waals surface area contributed by atoms with Crippen LogP contribution in [0, 0.1) is 6.92 Å². The molecular weight excluding hydrogens is 524 g/mol. The first kappa shape index (κ1) is 30.1. The van der Waals surface area contributed by atoms with Gasteiger partial charge in [0.2, 0.25) is 0 Å². The summed E-state index contributed by atoms with van der Waals surface area (Å²) < 4.78 is 22.6. The van der Waals surface area contributed by atoms with Crippen LogP contribution in [0.5, 0.6) is 17.2 Å². The van der Waals surface area contributed by atoms with E-state index in [4.69, 9.17) is 18.9 Å². The first-order valence-electron chi connectivity index (χ1n) is 14.0. The van der Waals surface area contributed by atoms with E-state index in [1.54, 1.807) is 47.4 Å². The van der Waals surface area contributed by atoms with Crippen molar-refractivity contribution in [3.63, 3.8) is 0 Å². The van der Waals surface area contributed by atoms with Gasteiger partial charge in [0.05, 0.1) is 38.0 Å². The zero-order valence-corrected chi connectivity index (χ0v) is 24.4. The number of nitrogens with zero attached hydrogens (tertiary/aromatic N) is 2. The third-order valence-corrected chi connectivity index (χ3v) is 7.19. The average molecular weight is 565 g/mol. The lowest BCUT2D eigenvalue weighted by atomic mass is 9.94. The Labute approximate surface area is 241 Å². The number of aryl methyl sites for hydroxylation is 1. The van der Waals surface area contributed by atoms with Gasteiger partial charge >= 0.3 is 0 Å². The Bertz CT molecular complexity index is 1300. The number of benzene rings is 2. The second-order valence-corrected chi connectivity index (χ2v) is 10.5. The van der Waals surface area contributed by atoms with E-state index >= 15 is 0 Å².